The average Bonchev–Trinajstić information content (AvgIpc) is 2.22. The van der Waals surface area contributed by atoms with Gasteiger partial charge in [0.1, 0.15) is 5.82 Å². The highest BCUT2D eigenvalue weighted by Gasteiger charge is 2.19. The molecule has 1 aromatic rings. The monoisotopic (exact) mass is 295 g/mol. The first-order valence-corrected chi connectivity index (χ1v) is 5.79. The molecule has 0 aliphatic rings. The minimum atomic E-state index is -2.43. The number of hydrogen-bond acceptors (Lipinski definition) is 1. The molecule has 0 saturated carbocycles. The van der Waals surface area contributed by atoms with Crippen molar-refractivity contribution >= 4 is 15.9 Å². The van der Waals surface area contributed by atoms with Crippen LogP contribution in [0.5, 0.6) is 0 Å². The molecule has 1 nitrogen and oxygen atoms in total. The molecule has 0 aliphatic heterocycles. The highest BCUT2D eigenvalue weighted by Crippen LogP contribution is 2.19. The zero-order valence-corrected chi connectivity index (χ0v) is 10.4. The molecular formula is C11H13BrF3N. The van der Waals surface area contributed by atoms with Gasteiger partial charge in [0.25, 0.3) is 6.43 Å². The largest absolute Gasteiger partial charge is 0.309 e. The SMILES string of the molecule is CCNC(Cc1ccc(F)c(Br)c1)C(F)F. The van der Waals surface area contributed by atoms with Crippen LogP contribution in [0.4, 0.5) is 13.2 Å². The van der Waals surface area contributed by atoms with Gasteiger partial charge < -0.3 is 5.32 Å². The Morgan fingerprint density at radius 3 is 2.56 bits per heavy atom. The summed E-state index contributed by atoms with van der Waals surface area (Å²) in [5.41, 5.74) is 0.680. The number of hydrogen-bond donors (Lipinski definition) is 1. The van der Waals surface area contributed by atoms with Crippen LogP contribution in [0.3, 0.4) is 0 Å². The van der Waals surface area contributed by atoms with Gasteiger partial charge in [-0.05, 0) is 46.6 Å². The number of rotatable bonds is 5. The lowest BCUT2D eigenvalue weighted by Crippen LogP contribution is -2.37. The van der Waals surface area contributed by atoms with Gasteiger partial charge in [0, 0.05) is 0 Å². The van der Waals surface area contributed by atoms with E-state index in [0.29, 0.717) is 16.6 Å². The summed E-state index contributed by atoms with van der Waals surface area (Å²) in [6, 6.07) is 3.44. The summed E-state index contributed by atoms with van der Waals surface area (Å²) in [6.07, 6.45) is -2.24. The van der Waals surface area contributed by atoms with Crippen LogP contribution in [-0.2, 0) is 6.42 Å². The molecule has 0 aromatic heterocycles. The lowest BCUT2D eigenvalue weighted by Gasteiger charge is -2.16. The topological polar surface area (TPSA) is 12.0 Å². The molecule has 1 rings (SSSR count). The van der Waals surface area contributed by atoms with Crippen LogP contribution >= 0.6 is 15.9 Å². The second-order valence-corrected chi connectivity index (χ2v) is 4.31. The van der Waals surface area contributed by atoms with Gasteiger partial charge >= 0.3 is 0 Å². The fourth-order valence-electron chi connectivity index (χ4n) is 1.43. The van der Waals surface area contributed by atoms with E-state index in [-0.39, 0.29) is 12.2 Å². The summed E-state index contributed by atoms with van der Waals surface area (Å²) < 4.78 is 38.4. The van der Waals surface area contributed by atoms with Gasteiger partial charge in [0.15, 0.2) is 0 Å². The Hall–Kier alpha value is -0.550. The molecule has 1 N–H and O–H groups in total. The summed E-state index contributed by atoms with van der Waals surface area (Å²) in [5, 5.41) is 2.71. The normalized spacial score (nSPS) is 13.1. The zero-order valence-electron chi connectivity index (χ0n) is 8.81. The smallest absolute Gasteiger partial charge is 0.254 e. The van der Waals surface area contributed by atoms with Crippen molar-refractivity contribution in [1.29, 1.82) is 0 Å². The number of benzene rings is 1. The van der Waals surface area contributed by atoms with Gasteiger partial charge in [-0.3, -0.25) is 0 Å². The molecule has 0 amide bonds. The van der Waals surface area contributed by atoms with E-state index in [1.165, 1.54) is 18.2 Å². The lowest BCUT2D eigenvalue weighted by atomic mass is 10.1. The fourth-order valence-corrected chi connectivity index (χ4v) is 1.86. The Morgan fingerprint density at radius 1 is 1.38 bits per heavy atom. The summed E-state index contributed by atoms with van der Waals surface area (Å²) >= 11 is 3.03. The molecule has 1 aromatic carbocycles. The highest BCUT2D eigenvalue weighted by molar-refractivity contribution is 9.10. The second kappa shape index (κ2) is 6.25. The van der Waals surface area contributed by atoms with E-state index in [1.54, 1.807) is 6.92 Å². The van der Waals surface area contributed by atoms with Crippen LogP contribution in [0.2, 0.25) is 0 Å². The number of likely N-dealkylation sites (N-methyl/N-ethyl adjacent to an activating group) is 1. The van der Waals surface area contributed by atoms with E-state index < -0.39 is 12.5 Å². The van der Waals surface area contributed by atoms with Gasteiger partial charge in [-0.25, -0.2) is 13.2 Å². The summed E-state index contributed by atoms with van der Waals surface area (Å²) in [5.74, 6) is -0.388. The molecule has 1 unspecified atom stereocenters. The van der Waals surface area contributed by atoms with Gasteiger partial charge in [0.05, 0.1) is 10.5 Å². The third kappa shape index (κ3) is 3.79. The molecule has 1 atom stereocenters. The number of nitrogens with one attached hydrogen (secondary N) is 1. The number of halogens is 4. The van der Waals surface area contributed by atoms with Crippen molar-refractivity contribution in [3.8, 4) is 0 Å². The molecule has 0 radical (unpaired) electrons. The first kappa shape index (κ1) is 13.5. The maximum Gasteiger partial charge on any atom is 0.254 e. The molecule has 0 bridgehead atoms. The molecular weight excluding hydrogens is 283 g/mol. The van der Waals surface area contributed by atoms with Crippen molar-refractivity contribution in [3.05, 3.63) is 34.1 Å². The predicted octanol–water partition coefficient (Wildman–Crippen LogP) is 3.37. The molecule has 5 heteroatoms. The van der Waals surface area contributed by atoms with Crippen LogP contribution in [0, 0.1) is 5.82 Å². The van der Waals surface area contributed by atoms with E-state index in [1.807, 2.05) is 0 Å². The van der Waals surface area contributed by atoms with Crippen molar-refractivity contribution in [2.45, 2.75) is 25.8 Å². The van der Waals surface area contributed by atoms with Crippen molar-refractivity contribution < 1.29 is 13.2 Å². The Kier molecular flexibility index (Phi) is 5.28. The minimum absolute atomic E-state index is 0.185. The van der Waals surface area contributed by atoms with Gasteiger partial charge in [-0.2, -0.15) is 0 Å². The first-order chi connectivity index (χ1) is 7.54. The minimum Gasteiger partial charge on any atom is -0.309 e. The van der Waals surface area contributed by atoms with Gasteiger partial charge in [-0.1, -0.05) is 13.0 Å². The molecule has 0 aliphatic carbocycles. The molecule has 90 valence electrons. The summed E-state index contributed by atoms with van der Waals surface area (Å²) in [7, 11) is 0. The van der Waals surface area contributed by atoms with E-state index in [9.17, 15) is 13.2 Å². The van der Waals surface area contributed by atoms with Crippen LogP contribution in [0.15, 0.2) is 22.7 Å². The third-order valence-corrected chi connectivity index (χ3v) is 2.82. The third-order valence-electron chi connectivity index (χ3n) is 2.21. The quantitative estimate of drug-likeness (QED) is 0.878. The highest BCUT2D eigenvalue weighted by atomic mass is 79.9. The summed E-state index contributed by atoms with van der Waals surface area (Å²) in [6.45, 7) is 2.26. The second-order valence-electron chi connectivity index (χ2n) is 3.45. The van der Waals surface area contributed by atoms with Gasteiger partial charge in [-0.15, -0.1) is 0 Å². The maximum atomic E-state index is 12.9. The average molecular weight is 296 g/mol. The van der Waals surface area contributed by atoms with Crippen LogP contribution in [0.25, 0.3) is 0 Å². The van der Waals surface area contributed by atoms with Crippen molar-refractivity contribution in [2.24, 2.45) is 0 Å². The van der Waals surface area contributed by atoms with Crippen LogP contribution < -0.4 is 5.32 Å². The summed E-state index contributed by atoms with van der Waals surface area (Å²) in [4.78, 5) is 0. The van der Waals surface area contributed by atoms with E-state index >= 15 is 0 Å². The van der Waals surface area contributed by atoms with Gasteiger partial charge in [0.2, 0.25) is 0 Å². The van der Waals surface area contributed by atoms with Crippen LogP contribution in [-0.4, -0.2) is 19.0 Å². The standard InChI is InChI=1S/C11H13BrF3N/c1-2-16-10(11(14)15)6-7-3-4-9(13)8(12)5-7/h3-5,10-11,16H,2,6H2,1H3. The van der Waals surface area contributed by atoms with E-state index in [2.05, 4.69) is 21.2 Å². The lowest BCUT2D eigenvalue weighted by molar-refractivity contribution is 0.0990. The maximum absolute atomic E-state index is 12.9. The Bertz CT molecular complexity index is 344. The fraction of sp³-hybridized carbons (Fsp3) is 0.455. The molecule has 0 fully saturated rings. The Balaban J connectivity index is 2.73. The van der Waals surface area contributed by atoms with E-state index in [0.717, 1.165) is 0 Å². The Morgan fingerprint density at radius 2 is 2.06 bits per heavy atom. The molecule has 0 heterocycles. The van der Waals surface area contributed by atoms with Crippen molar-refractivity contribution in [3.63, 3.8) is 0 Å². The van der Waals surface area contributed by atoms with Crippen LogP contribution in [0.1, 0.15) is 12.5 Å². The molecule has 0 spiro atoms. The zero-order chi connectivity index (χ0) is 12.1. The van der Waals surface area contributed by atoms with Crippen molar-refractivity contribution in [1.82, 2.24) is 5.32 Å². The van der Waals surface area contributed by atoms with E-state index in [4.69, 9.17) is 0 Å². The molecule has 16 heavy (non-hydrogen) atoms. The molecule has 0 saturated heterocycles. The first-order valence-electron chi connectivity index (χ1n) is 5.00. The van der Waals surface area contributed by atoms with Crippen molar-refractivity contribution in [2.75, 3.05) is 6.54 Å². The Labute approximate surface area is 101 Å². The predicted molar refractivity (Wildman–Crippen MR) is 61.3 cm³/mol. The number of alkyl halides is 2.